The van der Waals surface area contributed by atoms with Crippen LogP contribution in [0.15, 0.2) is 0 Å². The van der Waals surface area contributed by atoms with E-state index in [1.165, 1.54) is 0 Å². The number of amides is 1. The van der Waals surface area contributed by atoms with Gasteiger partial charge in [-0.25, -0.2) is 4.79 Å². The van der Waals surface area contributed by atoms with Crippen molar-refractivity contribution in [2.24, 2.45) is 5.92 Å². The van der Waals surface area contributed by atoms with E-state index in [9.17, 15) is 9.59 Å². The van der Waals surface area contributed by atoms with E-state index in [1.807, 2.05) is 20.8 Å². The van der Waals surface area contributed by atoms with Gasteiger partial charge in [0.05, 0.1) is 6.61 Å². The third-order valence-corrected chi connectivity index (χ3v) is 2.73. The quantitative estimate of drug-likeness (QED) is 0.707. The molecule has 0 aromatic carbocycles. The zero-order chi connectivity index (χ0) is 12.8. The lowest BCUT2D eigenvalue weighted by atomic mass is 9.88. The minimum Gasteiger partial charge on any atom is -0.464 e. The number of carbonyl (C=O) groups is 2. The van der Waals surface area contributed by atoms with Gasteiger partial charge < -0.3 is 10.1 Å². The van der Waals surface area contributed by atoms with Crippen LogP contribution in [0.1, 0.15) is 47.5 Å². The molecule has 0 aliphatic carbocycles. The largest absolute Gasteiger partial charge is 0.464 e. The Hall–Kier alpha value is -1.06. The first-order chi connectivity index (χ1) is 7.38. The predicted octanol–water partition coefficient (Wildman–Crippen LogP) is 1.88. The summed E-state index contributed by atoms with van der Waals surface area (Å²) in [6, 6.07) is 0. The van der Waals surface area contributed by atoms with Crippen molar-refractivity contribution in [3.8, 4) is 0 Å². The lowest BCUT2D eigenvalue weighted by Crippen LogP contribution is -2.56. The van der Waals surface area contributed by atoms with Gasteiger partial charge in [0.15, 0.2) is 0 Å². The maximum absolute atomic E-state index is 11.8. The normalized spacial score (nSPS) is 14.4. The molecule has 0 aromatic rings. The van der Waals surface area contributed by atoms with Gasteiger partial charge in [-0.2, -0.15) is 0 Å². The number of hydrogen-bond donors (Lipinski definition) is 1. The molecule has 0 fully saturated rings. The molecule has 0 rings (SSSR count). The second-order valence-electron chi connectivity index (χ2n) is 4.38. The molecule has 94 valence electrons. The van der Waals surface area contributed by atoms with Crippen molar-refractivity contribution < 1.29 is 14.3 Å². The summed E-state index contributed by atoms with van der Waals surface area (Å²) in [5, 5.41) is 2.76. The molecule has 0 spiro atoms. The van der Waals surface area contributed by atoms with E-state index in [0.29, 0.717) is 13.0 Å². The summed E-state index contributed by atoms with van der Waals surface area (Å²) in [5.41, 5.74) is -0.928. The van der Waals surface area contributed by atoms with Crippen LogP contribution < -0.4 is 5.32 Å². The average molecular weight is 229 g/mol. The minimum absolute atomic E-state index is 0.00708. The molecule has 16 heavy (non-hydrogen) atoms. The Kier molecular flexibility index (Phi) is 6.08. The Balaban J connectivity index is 4.69. The first-order valence-corrected chi connectivity index (χ1v) is 5.86. The van der Waals surface area contributed by atoms with Crippen LogP contribution in [0.5, 0.6) is 0 Å². The van der Waals surface area contributed by atoms with Crippen molar-refractivity contribution in [2.45, 2.75) is 53.0 Å². The highest BCUT2D eigenvalue weighted by Crippen LogP contribution is 2.18. The fraction of sp³-hybridized carbons (Fsp3) is 0.833. The van der Waals surface area contributed by atoms with Gasteiger partial charge in [0, 0.05) is 6.42 Å². The van der Waals surface area contributed by atoms with Crippen molar-refractivity contribution in [1.29, 1.82) is 0 Å². The van der Waals surface area contributed by atoms with E-state index in [-0.39, 0.29) is 17.8 Å². The van der Waals surface area contributed by atoms with E-state index >= 15 is 0 Å². The molecule has 4 heteroatoms. The minimum atomic E-state index is -0.928. The van der Waals surface area contributed by atoms with Crippen LogP contribution in [-0.2, 0) is 14.3 Å². The summed E-state index contributed by atoms with van der Waals surface area (Å²) in [6.45, 7) is 9.50. The molecule has 1 atom stereocenters. The maximum atomic E-state index is 11.8. The van der Waals surface area contributed by atoms with E-state index in [2.05, 4.69) is 5.32 Å². The number of ether oxygens (including phenoxy) is 1. The summed E-state index contributed by atoms with van der Waals surface area (Å²) >= 11 is 0. The smallest absolute Gasteiger partial charge is 0.331 e. The molecule has 0 radical (unpaired) electrons. The Morgan fingerprint density at radius 1 is 1.31 bits per heavy atom. The Morgan fingerprint density at radius 3 is 2.25 bits per heavy atom. The van der Waals surface area contributed by atoms with Gasteiger partial charge in [-0.3, -0.25) is 4.79 Å². The Morgan fingerprint density at radius 2 is 1.88 bits per heavy atom. The van der Waals surface area contributed by atoms with Crippen LogP contribution in [0.3, 0.4) is 0 Å². The first-order valence-electron chi connectivity index (χ1n) is 5.86. The number of hydrogen-bond acceptors (Lipinski definition) is 3. The van der Waals surface area contributed by atoms with Gasteiger partial charge in [0.25, 0.3) is 0 Å². The van der Waals surface area contributed by atoms with Gasteiger partial charge in [-0.15, -0.1) is 0 Å². The summed E-state index contributed by atoms with van der Waals surface area (Å²) in [7, 11) is 0. The predicted molar refractivity (Wildman–Crippen MR) is 62.9 cm³/mol. The molecular weight excluding hydrogens is 206 g/mol. The van der Waals surface area contributed by atoms with E-state index in [0.717, 1.165) is 6.42 Å². The third-order valence-electron chi connectivity index (χ3n) is 2.73. The zero-order valence-corrected chi connectivity index (χ0v) is 10.9. The van der Waals surface area contributed by atoms with Gasteiger partial charge in [0.1, 0.15) is 5.54 Å². The first kappa shape index (κ1) is 14.9. The average Bonchev–Trinajstić information content (AvgIpc) is 2.17. The van der Waals surface area contributed by atoms with Crippen molar-refractivity contribution in [3.05, 3.63) is 0 Å². The van der Waals surface area contributed by atoms with Crippen LogP contribution >= 0.6 is 0 Å². The second-order valence-corrected chi connectivity index (χ2v) is 4.38. The molecule has 0 unspecified atom stereocenters. The van der Waals surface area contributed by atoms with Crippen LogP contribution in [0.2, 0.25) is 0 Å². The van der Waals surface area contributed by atoms with Gasteiger partial charge >= 0.3 is 5.97 Å². The van der Waals surface area contributed by atoms with Gasteiger partial charge in [-0.05, 0) is 26.2 Å². The molecule has 0 aliphatic heterocycles. The summed E-state index contributed by atoms with van der Waals surface area (Å²) in [6.07, 6.45) is 1.20. The zero-order valence-electron chi connectivity index (χ0n) is 10.9. The molecule has 4 nitrogen and oxygen atoms in total. The highest BCUT2D eigenvalue weighted by atomic mass is 16.5. The monoisotopic (exact) mass is 229 g/mol. The molecule has 0 bridgehead atoms. The molecule has 1 N–H and O–H groups in total. The molecule has 0 heterocycles. The van der Waals surface area contributed by atoms with Crippen LogP contribution in [0.25, 0.3) is 0 Å². The topological polar surface area (TPSA) is 55.4 Å². The third kappa shape index (κ3) is 3.83. The molecule has 0 saturated heterocycles. The van der Waals surface area contributed by atoms with Crippen LogP contribution in [0.4, 0.5) is 0 Å². The lowest BCUT2D eigenvalue weighted by Gasteiger charge is -2.32. The number of esters is 1. The maximum Gasteiger partial charge on any atom is 0.331 e. The van der Waals surface area contributed by atoms with Gasteiger partial charge in [0.2, 0.25) is 5.91 Å². The van der Waals surface area contributed by atoms with Crippen molar-refractivity contribution in [2.75, 3.05) is 6.61 Å². The van der Waals surface area contributed by atoms with Crippen molar-refractivity contribution in [3.63, 3.8) is 0 Å². The van der Waals surface area contributed by atoms with E-state index < -0.39 is 5.54 Å². The second kappa shape index (κ2) is 6.51. The molecule has 0 aliphatic rings. The number of rotatable bonds is 6. The summed E-state index contributed by atoms with van der Waals surface area (Å²) < 4.78 is 4.99. The fourth-order valence-corrected chi connectivity index (χ4v) is 1.29. The fourth-order valence-electron chi connectivity index (χ4n) is 1.29. The summed E-state index contributed by atoms with van der Waals surface area (Å²) in [5.74, 6) is -0.478. The SMILES string of the molecule is CCCC(=O)N[C@](C)(C(=O)OCC)C(C)C. The highest BCUT2D eigenvalue weighted by Gasteiger charge is 2.39. The highest BCUT2D eigenvalue weighted by molar-refractivity contribution is 5.87. The summed E-state index contributed by atoms with van der Waals surface area (Å²) in [4.78, 5) is 23.4. The molecule has 0 aromatic heterocycles. The van der Waals surface area contributed by atoms with Crippen LogP contribution in [0, 0.1) is 5.92 Å². The molecule has 1 amide bonds. The van der Waals surface area contributed by atoms with Crippen molar-refractivity contribution in [1.82, 2.24) is 5.32 Å². The lowest BCUT2D eigenvalue weighted by molar-refractivity contribution is -0.154. The van der Waals surface area contributed by atoms with Gasteiger partial charge in [-0.1, -0.05) is 20.8 Å². The number of nitrogens with one attached hydrogen (secondary N) is 1. The molecular formula is C12H23NO3. The van der Waals surface area contributed by atoms with E-state index in [1.54, 1.807) is 13.8 Å². The Labute approximate surface area is 97.7 Å². The Bertz CT molecular complexity index is 251. The standard InChI is InChI=1S/C12H23NO3/c1-6-8-10(14)13-12(5,9(3)4)11(15)16-7-2/h9H,6-8H2,1-5H3,(H,13,14)/t12-/m0/s1. The molecule has 0 saturated carbocycles. The van der Waals surface area contributed by atoms with Crippen LogP contribution in [-0.4, -0.2) is 24.0 Å². The van der Waals surface area contributed by atoms with E-state index in [4.69, 9.17) is 4.74 Å². The van der Waals surface area contributed by atoms with Crippen molar-refractivity contribution >= 4 is 11.9 Å². The number of carbonyl (C=O) groups excluding carboxylic acids is 2.